The summed E-state index contributed by atoms with van der Waals surface area (Å²) in [6, 6.07) is 8.97. The Morgan fingerprint density at radius 2 is 1.82 bits per heavy atom. The third-order valence-corrected chi connectivity index (χ3v) is 4.03. The molecule has 9 heteroatoms. The molecule has 2 amide bonds. The Bertz CT molecular complexity index is 992. The molecule has 0 saturated heterocycles. The summed E-state index contributed by atoms with van der Waals surface area (Å²) in [7, 11) is 0. The molecule has 1 aliphatic heterocycles. The van der Waals surface area contributed by atoms with Crippen molar-refractivity contribution in [2.45, 2.75) is 13.0 Å². The van der Waals surface area contributed by atoms with E-state index in [9.17, 15) is 28.0 Å². The van der Waals surface area contributed by atoms with E-state index in [-0.39, 0.29) is 16.9 Å². The number of Topliss-reactive ketones (excluding diaryl/α,β-unsaturated/α-hetero) is 1. The number of carbonyl (C=O) groups excluding carboxylic acids is 4. The normalized spacial score (nSPS) is 13.9. The number of carbonyl (C=O) groups is 4. The van der Waals surface area contributed by atoms with Gasteiger partial charge in [-0.25, -0.2) is 8.78 Å². The Labute approximate surface area is 157 Å². The molecule has 7 nitrogen and oxygen atoms in total. The number of anilines is 2. The van der Waals surface area contributed by atoms with Crippen LogP contribution in [0.1, 0.15) is 17.3 Å². The molecule has 0 aromatic heterocycles. The summed E-state index contributed by atoms with van der Waals surface area (Å²) in [5.74, 6) is -5.49. The van der Waals surface area contributed by atoms with Gasteiger partial charge < -0.3 is 10.1 Å². The van der Waals surface area contributed by atoms with Gasteiger partial charge in [0.1, 0.15) is 6.54 Å². The molecule has 0 spiro atoms. The minimum Gasteiger partial charge on any atom is -0.451 e. The summed E-state index contributed by atoms with van der Waals surface area (Å²) in [5.41, 5.74) is 0.457. The maximum Gasteiger partial charge on any atom is 0.326 e. The molecule has 2 aromatic rings. The lowest BCUT2D eigenvalue weighted by atomic mass is 10.1. The highest BCUT2D eigenvalue weighted by Gasteiger charge is 2.37. The molecule has 1 heterocycles. The monoisotopic (exact) mass is 388 g/mol. The van der Waals surface area contributed by atoms with E-state index in [2.05, 4.69) is 5.32 Å². The van der Waals surface area contributed by atoms with Crippen LogP contribution in [0.4, 0.5) is 20.2 Å². The van der Waals surface area contributed by atoms with Crippen molar-refractivity contribution in [1.29, 1.82) is 0 Å². The fraction of sp³-hybridized carbons (Fsp3) is 0.158. The Morgan fingerprint density at radius 3 is 2.54 bits per heavy atom. The van der Waals surface area contributed by atoms with Crippen LogP contribution < -0.4 is 10.2 Å². The van der Waals surface area contributed by atoms with Crippen molar-refractivity contribution in [3.8, 4) is 0 Å². The van der Waals surface area contributed by atoms with Gasteiger partial charge in [0.25, 0.3) is 17.6 Å². The Kier molecular flexibility index (Phi) is 5.16. The first-order valence-electron chi connectivity index (χ1n) is 8.18. The number of esters is 1. The summed E-state index contributed by atoms with van der Waals surface area (Å²) in [6.45, 7) is 0.725. The van der Waals surface area contributed by atoms with E-state index in [0.29, 0.717) is 0 Å². The molecule has 0 saturated carbocycles. The number of fused-ring (bicyclic) bond motifs is 1. The van der Waals surface area contributed by atoms with Gasteiger partial charge in [0.15, 0.2) is 17.7 Å². The van der Waals surface area contributed by atoms with Crippen LogP contribution in [0.15, 0.2) is 42.5 Å². The zero-order valence-corrected chi connectivity index (χ0v) is 14.6. The predicted molar refractivity (Wildman–Crippen MR) is 93.7 cm³/mol. The number of rotatable bonds is 5. The van der Waals surface area contributed by atoms with Crippen molar-refractivity contribution in [2.24, 2.45) is 0 Å². The van der Waals surface area contributed by atoms with Gasteiger partial charge in [0.2, 0.25) is 0 Å². The maximum absolute atomic E-state index is 13.2. The molecule has 0 bridgehead atoms. The van der Waals surface area contributed by atoms with Gasteiger partial charge in [0, 0.05) is 11.8 Å². The molecule has 144 valence electrons. The number of halogens is 2. The van der Waals surface area contributed by atoms with Gasteiger partial charge in [-0.1, -0.05) is 12.1 Å². The summed E-state index contributed by atoms with van der Waals surface area (Å²) < 4.78 is 31.1. The van der Waals surface area contributed by atoms with Gasteiger partial charge in [-0.15, -0.1) is 0 Å². The number of nitrogens with one attached hydrogen (secondary N) is 1. The van der Waals surface area contributed by atoms with Gasteiger partial charge in [-0.05, 0) is 31.2 Å². The van der Waals surface area contributed by atoms with Crippen molar-refractivity contribution in [2.75, 3.05) is 16.8 Å². The van der Waals surface area contributed by atoms with Gasteiger partial charge in [-0.2, -0.15) is 0 Å². The molecular formula is C19H14F2N2O5. The number of benzene rings is 2. The van der Waals surface area contributed by atoms with Crippen LogP contribution in [-0.2, 0) is 19.1 Å². The van der Waals surface area contributed by atoms with Crippen LogP contribution in [-0.4, -0.2) is 36.2 Å². The average Bonchev–Trinajstić information content (AvgIpc) is 2.90. The first kappa shape index (κ1) is 19.2. The zero-order chi connectivity index (χ0) is 20.4. The van der Waals surface area contributed by atoms with Crippen LogP contribution in [0.3, 0.4) is 0 Å². The molecule has 3 rings (SSSR count). The van der Waals surface area contributed by atoms with Crippen LogP contribution >= 0.6 is 0 Å². The highest BCUT2D eigenvalue weighted by atomic mass is 19.2. The van der Waals surface area contributed by atoms with Gasteiger partial charge >= 0.3 is 5.97 Å². The van der Waals surface area contributed by atoms with Crippen LogP contribution in [0.2, 0.25) is 0 Å². The van der Waals surface area contributed by atoms with Crippen molar-refractivity contribution >= 4 is 34.9 Å². The second-order valence-corrected chi connectivity index (χ2v) is 5.99. The Morgan fingerprint density at radius 1 is 1.11 bits per heavy atom. The van der Waals surface area contributed by atoms with Crippen LogP contribution in [0.25, 0.3) is 0 Å². The van der Waals surface area contributed by atoms with E-state index in [0.717, 1.165) is 23.1 Å². The lowest BCUT2D eigenvalue weighted by molar-refractivity contribution is -0.152. The first-order valence-corrected chi connectivity index (χ1v) is 8.18. The smallest absolute Gasteiger partial charge is 0.326 e. The van der Waals surface area contributed by atoms with Crippen LogP contribution in [0.5, 0.6) is 0 Å². The average molecular weight is 388 g/mol. The van der Waals surface area contributed by atoms with Crippen LogP contribution in [0, 0.1) is 11.6 Å². The second-order valence-electron chi connectivity index (χ2n) is 5.99. The molecule has 2 aromatic carbocycles. The molecule has 1 atom stereocenters. The minimum absolute atomic E-state index is 0.0129. The van der Waals surface area contributed by atoms with E-state index in [4.69, 9.17) is 4.74 Å². The molecule has 0 radical (unpaired) electrons. The fourth-order valence-corrected chi connectivity index (χ4v) is 2.64. The fourth-order valence-electron chi connectivity index (χ4n) is 2.64. The van der Waals surface area contributed by atoms with Crippen molar-refractivity contribution < 1.29 is 32.7 Å². The molecular weight excluding hydrogens is 374 g/mol. The molecule has 1 aliphatic rings. The van der Waals surface area contributed by atoms with Crippen molar-refractivity contribution in [3.63, 3.8) is 0 Å². The van der Waals surface area contributed by atoms with E-state index < -0.39 is 47.9 Å². The van der Waals surface area contributed by atoms with Crippen molar-refractivity contribution in [1.82, 2.24) is 0 Å². The standard InChI is InChI=1S/C19H14F2N2O5/c1-10(18(26)22-11-6-7-13(20)14(21)8-11)28-16(24)9-23-15-5-3-2-4-12(15)17(25)19(23)27/h2-8,10H,9H2,1H3,(H,22,26)/t10-/m0/s1. The molecule has 0 unspecified atom stereocenters. The quantitative estimate of drug-likeness (QED) is 0.625. The molecule has 1 N–H and O–H groups in total. The minimum atomic E-state index is -1.27. The van der Waals surface area contributed by atoms with Gasteiger partial charge in [-0.3, -0.25) is 24.1 Å². The summed E-state index contributed by atoms with van der Waals surface area (Å²) in [5, 5.41) is 2.28. The Balaban J connectivity index is 1.61. The zero-order valence-electron chi connectivity index (χ0n) is 14.6. The largest absolute Gasteiger partial charge is 0.451 e. The third-order valence-electron chi connectivity index (χ3n) is 4.03. The third kappa shape index (κ3) is 3.73. The number of amides is 2. The number of hydrogen-bond acceptors (Lipinski definition) is 5. The second kappa shape index (κ2) is 7.55. The number of hydrogen-bond donors (Lipinski definition) is 1. The molecule has 0 aliphatic carbocycles. The lowest BCUT2D eigenvalue weighted by Gasteiger charge is -2.18. The number of para-hydroxylation sites is 1. The SMILES string of the molecule is C[C@H](OC(=O)CN1C(=O)C(=O)c2ccccc21)C(=O)Nc1ccc(F)c(F)c1. The summed E-state index contributed by atoms with van der Waals surface area (Å²) >= 11 is 0. The molecule has 28 heavy (non-hydrogen) atoms. The number of ether oxygens (including phenoxy) is 1. The molecule has 0 fully saturated rings. The lowest BCUT2D eigenvalue weighted by Crippen LogP contribution is -2.38. The summed E-state index contributed by atoms with van der Waals surface area (Å²) in [6.07, 6.45) is -1.27. The van der Waals surface area contributed by atoms with E-state index in [1.54, 1.807) is 12.1 Å². The topological polar surface area (TPSA) is 92.8 Å². The van der Waals surface area contributed by atoms with E-state index in [1.807, 2.05) is 0 Å². The van der Waals surface area contributed by atoms with Gasteiger partial charge in [0.05, 0.1) is 11.3 Å². The van der Waals surface area contributed by atoms with E-state index in [1.165, 1.54) is 19.1 Å². The van der Waals surface area contributed by atoms with Crippen molar-refractivity contribution in [3.05, 3.63) is 59.7 Å². The Hall–Kier alpha value is -3.62. The highest BCUT2D eigenvalue weighted by molar-refractivity contribution is 6.52. The van der Waals surface area contributed by atoms with E-state index >= 15 is 0 Å². The maximum atomic E-state index is 13.2. The first-order chi connectivity index (χ1) is 13.3. The summed E-state index contributed by atoms with van der Waals surface area (Å²) in [4.78, 5) is 49.1. The predicted octanol–water partition coefficient (Wildman–Crippen LogP) is 2.06. The number of nitrogens with zero attached hydrogens (tertiary/aromatic N) is 1. The number of ketones is 1. The highest BCUT2D eigenvalue weighted by Crippen LogP contribution is 2.28.